The van der Waals surface area contributed by atoms with Crippen LogP contribution in [0.15, 0.2) is 73.1 Å². The zero-order valence-corrected chi connectivity index (χ0v) is 15.9. The highest BCUT2D eigenvalue weighted by molar-refractivity contribution is 6.13. The molecular weight excluding hydrogens is 346 g/mol. The molecule has 0 fully saturated rings. The molecule has 0 aliphatic rings. The van der Waals surface area contributed by atoms with Crippen LogP contribution in [0.2, 0.25) is 0 Å². The molecule has 138 valence electrons. The van der Waals surface area contributed by atoms with Gasteiger partial charge < -0.3 is 5.32 Å². The molecule has 4 aromatic rings. The van der Waals surface area contributed by atoms with E-state index in [0.29, 0.717) is 5.56 Å². The van der Waals surface area contributed by atoms with Gasteiger partial charge in [0.2, 0.25) is 0 Å². The summed E-state index contributed by atoms with van der Waals surface area (Å²) in [4.78, 5) is 22.2. The summed E-state index contributed by atoms with van der Waals surface area (Å²) < 4.78 is 0. The fourth-order valence-corrected chi connectivity index (χ4v) is 3.33. The molecule has 1 amide bonds. The molecule has 0 radical (unpaired) electrons. The molecule has 4 nitrogen and oxygen atoms in total. The van der Waals surface area contributed by atoms with Gasteiger partial charge in [-0.2, -0.15) is 0 Å². The minimum Gasteiger partial charge on any atom is -0.322 e. The number of hydrogen-bond acceptors (Lipinski definition) is 3. The average molecular weight is 367 g/mol. The predicted molar refractivity (Wildman–Crippen MR) is 113 cm³/mol. The first-order valence-corrected chi connectivity index (χ1v) is 9.37. The summed E-state index contributed by atoms with van der Waals surface area (Å²) in [6.07, 6.45) is 4.34. The molecule has 2 aromatic heterocycles. The number of pyridine rings is 2. The number of hydrogen-bond donors (Lipinski definition) is 1. The molecule has 0 aliphatic heterocycles. The highest BCUT2D eigenvalue weighted by Gasteiger charge is 2.15. The lowest BCUT2D eigenvalue weighted by atomic mass is 10.0. The van der Waals surface area contributed by atoms with Crippen LogP contribution in [0.3, 0.4) is 0 Å². The fraction of sp³-hybridized carbons (Fsp3) is 0.125. The van der Waals surface area contributed by atoms with Crippen molar-refractivity contribution < 1.29 is 4.79 Å². The molecule has 1 N–H and O–H groups in total. The van der Waals surface area contributed by atoms with Crippen LogP contribution < -0.4 is 5.32 Å². The maximum absolute atomic E-state index is 13.2. The second kappa shape index (κ2) is 7.61. The smallest absolute Gasteiger partial charge is 0.256 e. The zero-order chi connectivity index (χ0) is 19.5. The fourth-order valence-electron chi connectivity index (χ4n) is 3.33. The van der Waals surface area contributed by atoms with Crippen molar-refractivity contribution in [3.63, 3.8) is 0 Å². The van der Waals surface area contributed by atoms with Gasteiger partial charge in [-0.1, -0.05) is 36.8 Å². The second-order valence-corrected chi connectivity index (χ2v) is 6.78. The van der Waals surface area contributed by atoms with E-state index in [4.69, 9.17) is 4.98 Å². The Kier molecular flexibility index (Phi) is 4.85. The number of aromatic nitrogens is 2. The van der Waals surface area contributed by atoms with Gasteiger partial charge >= 0.3 is 0 Å². The number of amides is 1. The third kappa shape index (κ3) is 3.49. The standard InChI is InChI=1S/C24H21N3O/c1-3-17-7-4-5-9-21(17)27-24(28)20-14-23(18-8-6-12-25-15-18)26-22-11-10-16(2)13-19(20)22/h4-15H,3H2,1-2H3,(H,27,28). The molecule has 2 heterocycles. The zero-order valence-electron chi connectivity index (χ0n) is 15.9. The number of carbonyl (C=O) groups is 1. The van der Waals surface area contributed by atoms with E-state index in [2.05, 4.69) is 17.2 Å². The van der Waals surface area contributed by atoms with Crippen LogP contribution in [0.1, 0.15) is 28.4 Å². The van der Waals surface area contributed by atoms with Crippen molar-refractivity contribution >= 4 is 22.5 Å². The number of fused-ring (bicyclic) bond motifs is 1. The van der Waals surface area contributed by atoms with Gasteiger partial charge in [0.25, 0.3) is 5.91 Å². The van der Waals surface area contributed by atoms with Gasteiger partial charge in [0.05, 0.1) is 16.8 Å². The molecule has 4 heteroatoms. The summed E-state index contributed by atoms with van der Waals surface area (Å²) in [5, 5.41) is 3.93. The molecule has 4 rings (SSSR count). The van der Waals surface area contributed by atoms with E-state index in [-0.39, 0.29) is 5.91 Å². The van der Waals surface area contributed by atoms with Crippen molar-refractivity contribution in [1.82, 2.24) is 9.97 Å². The number of rotatable bonds is 4. The normalized spacial score (nSPS) is 10.8. The van der Waals surface area contributed by atoms with Gasteiger partial charge in [0, 0.05) is 29.0 Å². The van der Waals surface area contributed by atoms with E-state index in [1.807, 2.05) is 67.6 Å². The number of nitrogens with zero attached hydrogens (tertiary/aromatic N) is 2. The lowest BCUT2D eigenvalue weighted by Gasteiger charge is -2.13. The lowest BCUT2D eigenvalue weighted by Crippen LogP contribution is -2.14. The Balaban J connectivity index is 1.84. The molecule has 0 aliphatic carbocycles. The maximum Gasteiger partial charge on any atom is 0.256 e. The van der Waals surface area contributed by atoms with Crippen molar-refractivity contribution in [2.24, 2.45) is 0 Å². The van der Waals surface area contributed by atoms with Crippen LogP contribution >= 0.6 is 0 Å². The Morgan fingerprint density at radius 2 is 1.89 bits per heavy atom. The Hall–Kier alpha value is -3.53. The first-order chi connectivity index (χ1) is 13.7. The first kappa shape index (κ1) is 17.9. The summed E-state index contributed by atoms with van der Waals surface area (Å²) in [6, 6.07) is 19.5. The molecule has 0 unspecified atom stereocenters. The number of nitrogens with one attached hydrogen (secondary N) is 1. The summed E-state index contributed by atoms with van der Waals surface area (Å²) >= 11 is 0. The van der Waals surface area contributed by atoms with Gasteiger partial charge in [-0.3, -0.25) is 9.78 Å². The third-order valence-corrected chi connectivity index (χ3v) is 4.81. The predicted octanol–water partition coefficient (Wildman–Crippen LogP) is 5.42. The van der Waals surface area contributed by atoms with Crippen LogP contribution in [0.5, 0.6) is 0 Å². The third-order valence-electron chi connectivity index (χ3n) is 4.81. The largest absolute Gasteiger partial charge is 0.322 e. The first-order valence-electron chi connectivity index (χ1n) is 9.37. The van der Waals surface area contributed by atoms with Gasteiger partial charge in [0.1, 0.15) is 0 Å². The number of anilines is 1. The maximum atomic E-state index is 13.2. The molecular formula is C24H21N3O. The van der Waals surface area contributed by atoms with Crippen LogP contribution in [0.25, 0.3) is 22.2 Å². The average Bonchev–Trinajstić information content (AvgIpc) is 2.74. The summed E-state index contributed by atoms with van der Waals surface area (Å²) in [5.41, 5.74) is 6.06. The van der Waals surface area contributed by atoms with E-state index >= 15 is 0 Å². The van der Waals surface area contributed by atoms with Gasteiger partial charge in [-0.05, 0) is 55.3 Å². The number of aryl methyl sites for hydroxylation is 2. The molecule has 0 saturated heterocycles. The van der Waals surface area contributed by atoms with E-state index < -0.39 is 0 Å². The lowest BCUT2D eigenvalue weighted by molar-refractivity contribution is 0.102. The van der Waals surface area contributed by atoms with Crippen LogP contribution in [0, 0.1) is 6.92 Å². The Morgan fingerprint density at radius 1 is 1.04 bits per heavy atom. The number of para-hydroxylation sites is 1. The summed E-state index contributed by atoms with van der Waals surface area (Å²) in [5.74, 6) is -0.135. The van der Waals surface area contributed by atoms with E-state index in [1.165, 1.54) is 0 Å². The minimum atomic E-state index is -0.135. The molecule has 0 bridgehead atoms. The molecule has 0 atom stereocenters. The van der Waals surface area contributed by atoms with E-state index in [0.717, 1.165) is 45.4 Å². The van der Waals surface area contributed by atoms with Gasteiger partial charge in [0.15, 0.2) is 0 Å². The van der Waals surface area contributed by atoms with Crippen molar-refractivity contribution in [2.75, 3.05) is 5.32 Å². The van der Waals surface area contributed by atoms with Gasteiger partial charge in [-0.15, -0.1) is 0 Å². The van der Waals surface area contributed by atoms with Crippen molar-refractivity contribution in [3.05, 3.63) is 89.7 Å². The molecule has 28 heavy (non-hydrogen) atoms. The summed E-state index contributed by atoms with van der Waals surface area (Å²) in [7, 11) is 0. The van der Waals surface area contributed by atoms with E-state index in [1.54, 1.807) is 12.4 Å². The Morgan fingerprint density at radius 3 is 2.68 bits per heavy atom. The SMILES string of the molecule is CCc1ccccc1NC(=O)c1cc(-c2cccnc2)nc2ccc(C)cc12. The van der Waals surface area contributed by atoms with Crippen LogP contribution in [-0.2, 0) is 6.42 Å². The van der Waals surface area contributed by atoms with Crippen molar-refractivity contribution in [3.8, 4) is 11.3 Å². The van der Waals surface area contributed by atoms with Gasteiger partial charge in [-0.25, -0.2) is 4.98 Å². The van der Waals surface area contributed by atoms with Crippen molar-refractivity contribution in [1.29, 1.82) is 0 Å². The topological polar surface area (TPSA) is 54.9 Å². The van der Waals surface area contributed by atoms with Crippen LogP contribution in [0.4, 0.5) is 5.69 Å². The number of carbonyl (C=O) groups excluding carboxylic acids is 1. The molecule has 2 aromatic carbocycles. The monoisotopic (exact) mass is 367 g/mol. The number of benzene rings is 2. The highest BCUT2D eigenvalue weighted by Crippen LogP contribution is 2.26. The Labute approximate surface area is 164 Å². The molecule has 0 spiro atoms. The second-order valence-electron chi connectivity index (χ2n) is 6.78. The molecule has 0 saturated carbocycles. The summed E-state index contributed by atoms with van der Waals surface area (Å²) in [6.45, 7) is 4.10. The Bertz CT molecular complexity index is 1150. The quantitative estimate of drug-likeness (QED) is 0.524. The van der Waals surface area contributed by atoms with E-state index in [9.17, 15) is 4.79 Å². The minimum absolute atomic E-state index is 0.135. The van der Waals surface area contributed by atoms with Crippen LogP contribution in [-0.4, -0.2) is 15.9 Å². The highest BCUT2D eigenvalue weighted by atomic mass is 16.1. The van der Waals surface area contributed by atoms with Crippen molar-refractivity contribution in [2.45, 2.75) is 20.3 Å².